The van der Waals surface area contributed by atoms with Crippen molar-refractivity contribution in [2.24, 2.45) is 17.8 Å². The molecule has 104 valence electrons. The molecule has 1 aliphatic carbocycles. The summed E-state index contributed by atoms with van der Waals surface area (Å²) in [6.07, 6.45) is 3.46. The van der Waals surface area contributed by atoms with Crippen molar-refractivity contribution in [3.8, 4) is 0 Å². The molecule has 0 aromatic heterocycles. The Bertz CT molecular complexity index is 296. The summed E-state index contributed by atoms with van der Waals surface area (Å²) in [5, 5.41) is 6.38. The minimum atomic E-state index is -0.0235. The molecule has 1 saturated heterocycles. The fraction of sp³-hybridized carbons (Fsp3) is 0.929. The van der Waals surface area contributed by atoms with Crippen LogP contribution < -0.4 is 10.6 Å². The van der Waals surface area contributed by atoms with Crippen LogP contribution in [-0.4, -0.2) is 38.3 Å². The Hall–Kier alpha value is -0.610. The van der Waals surface area contributed by atoms with E-state index < -0.39 is 0 Å². The van der Waals surface area contributed by atoms with Gasteiger partial charge in [-0.2, -0.15) is 0 Å². The second kappa shape index (κ2) is 6.02. The van der Waals surface area contributed by atoms with Crippen molar-refractivity contribution in [2.75, 3.05) is 20.3 Å². The summed E-state index contributed by atoms with van der Waals surface area (Å²) in [6, 6.07) is 0.534. The molecule has 2 rings (SSSR count). The highest BCUT2D eigenvalue weighted by Gasteiger charge is 2.35. The predicted octanol–water partition coefficient (Wildman–Crippen LogP) is 1.16. The van der Waals surface area contributed by atoms with Crippen LogP contribution >= 0.6 is 0 Å². The Balaban J connectivity index is 1.84. The van der Waals surface area contributed by atoms with E-state index in [1.807, 2.05) is 7.05 Å². The molecule has 1 heterocycles. The maximum atomic E-state index is 12.2. The van der Waals surface area contributed by atoms with E-state index in [1.165, 1.54) is 6.42 Å². The molecular formula is C14H26N2O2. The molecule has 0 spiro atoms. The van der Waals surface area contributed by atoms with Crippen LogP contribution in [0.3, 0.4) is 0 Å². The minimum absolute atomic E-state index is 0.0235. The molecule has 2 fully saturated rings. The van der Waals surface area contributed by atoms with Crippen LogP contribution in [0.1, 0.15) is 33.1 Å². The van der Waals surface area contributed by atoms with Gasteiger partial charge in [0, 0.05) is 12.1 Å². The molecule has 5 unspecified atom stereocenters. The number of carbonyl (C=O) groups is 1. The fourth-order valence-corrected chi connectivity index (χ4v) is 3.08. The number of hydrogen-bond acceptors (Lipinski definition) is 3. The third-order valence-electron chi connectivity index (χ3n) is 4.73. The summed E-state index contributed by atoms with van der Waals surface area (Å²) in [6.45, 7) is 5.80. The Labute approximate surface area is 110 Å². The molecule has 5 atom stereocenters. The van der Waals surface area contributed by atoms with Gasteiger partial charge >= 0.3 is 0 Å². The van der Waals surface area contributed by atoms with Crippen molar-refractivity contribution in [1.82, 2.24) is 10.6 Å². The SMILES string of the molecule is CNC1COCC1C(=O)NC1CCC(C)C(C)C1. The van der Waals surface area contributed by atoms with Gasteiger partial charge in [-0.25, -0.2) is 0 Å². The summed E-state index contributed by atoms with van der Waals surface area (Å²) >= 11 is 0. The van der Waals surface area contributed by atoms with Crippen LogP contribution in [-0.2, 0) is 9.53 Å². The second-order valence-electron chi connectivity index (χ2n) is 6.01. The lowest BCUT2D eigenvalue weighted by Gasteiger charge is -2.33. The topological polar surface area (TPSA) is 50.4 Å². The Kier molecular flexibility index (Phi) is 4.62. The van der Waals surface area contributed by atoms with Gasteiger partial charge < -0.3 is 15.4 Å². The average Bonchev–Trinajstić information content (AvgIpc) is 2.82. The van der Waals surface area contributed by atoms with Crippen molar-refractivity contribution < 1.29 is 9.53 Å². The van der Waals surface area contributed by atoms with Gasteiger partial charge in [0.2, 0.25) is 5.91 Å². The molecular weight excluding hydrogens is 228 g/mol. The quantitative estimate of drug-likeness (QED) is 0.794. The van der Waals surface area contributed by atoms with Gasteiger partial charge in [0.25, 0.3) is 0 Å². The summed E-state index contributed by atoms with van der Waals surface area (Å²) in [7, 11) is 1.89. The molecule has 4 heteroatoms. The van der Waals surface area contributed by atoms with Crippen LogP contribution in [0.25, 0.3) is 0 Å². The first-order valence-electron chi connectivity index (χ1n) is 7.17. The maximum Gasteiger partial charge on any atom is 0.227 e. The number of ether oxygens (including phenoxy) is 1. The molecule has 0 bridgehead atoms. The lowest BCUT2D eigenvalue weighted by Crippen LogP contribution is -2.47. The van der Waals surface area contributed by atoms with E-state index >= 15 is 0 Å². The Morgan fingerprint density at radius 3 is 2.61 bits per heavy atom. The van der Waals surface area contributed by atoms with Gasteiger partial charge in [0.05, 0.1) is 19.1 Å². The van der Waals surface area contributed by atoms with Crippen LogP contribution in [0.15, 0.2) is 0 Å². The highest BCUT2D eigenvalue weighted by molar-refractivity contribution is 5.80. The number of likely N-dealkylation sites (N-methyl/N-ethyl adjacent to an activating group) is 1. The van der Waals surface area contributed by atoms with Gasteiger partial charge in [-0.3, -0.25) is 4.79 Å². The van der Waals surface area contributed by atoms with E-state index in [2.05, 4.69) is 24.5 Å². The monoisotopic (exact) mass is 254 g/mol. The number of nitrogens with one attached hydrogen (secondary N) is 2. The zero-order valence-corrected chi connectivity index (χ0v) is 11.7. The predicted molar refractivity (Wildman–Crippen MR) is 71.3 cm³/mol. The molecule has 0 aromatic rings. The van der Waals surface area contributed by atoms with Crippen molar-refractivity contribution in [3.63, 3.8) is 0 Å². The highest BCUT2D eigenvalue weighted by atomic mass is 16.5. The molecule has 1 aliphatic heterocycles. The average molecular weight is 254 g/mol. The third-order valence-corrected chi connectivity index (χ3v) is 4.73. The van der Waals surface area contributed by atoms with E-state index in [1.54, 1.807) is 0 Å². The summed E-state index contributed by atoms with van der Waals surface area (Å²) < 4.78 is 5.39. The molecule has 0 aromatic carbocycles. The molecule has 1 amide bonds. The Morgan fingerprint density at radius 1 is 1.17 bits per heavy atom. The third kappa shape index (κ3) is 3.04. The highest BCUT2D eigenvalue weighted by Crippen LogP contribution is 2.29. The maximum absolute atomic E-state index is 12.2. The van der Waals surface area contributed by atoms with Gasteiger partial charge in [0.15, 0.2) is 0 Å². The largest absolute Gasteiger partial charge is 0.379 e. The number of rotatable bonds is 3. The first-order chi connectivity index (χ1) is 8.61. The zero-order chi connectivity index (χ0) is 13.1. The van der Waals surface area contributed by atoms with E-state index in [0.717, 1.165) is 18.8 Å². The molecule has 2 aliphatic rings. The first kappa shape index (κ1) is 13.8. The van der Waals surface area contributed by atoms with Crippen molar-refractivity contribution in [1.29, 1.82) is 0 Å². The summed E-state index contributed by atoms with van der Waals surface area (Å²) in [5.74, 6) is 1.64. The fourth-order valence-electron chi connectivity index (χ4n) is 3.08. The lowest BCUT2D eigenvalue weighted by molar-refractivity contribution is -0.126. The van der Waals surface area contributed by atoms with Crippen molar-refractivity contribution >= 4 is 5.91 Å². The second-order valence-corrected chi connectivity index (χ2v) is 6.01. The number of hydrogen-bond donors (Lipinski definition) is 2. The molecule has 4 nitrogen and oxygen atoms in total. The van der Waals surface area contributed by atoms with E-state index in [0.29, 0.717) is 25.2 Å². The van der Waals surface area contributed by atoms with Gasteiger partial charge in [0.1, 0.15) is 0 Å². The smallest absolute Gasteiger partial charge is 0.227 e. The molecule has 18 heavy (non-hydrogen) atoms. The van der Waals surface area contributed by atoms with Gasteiger partial charge in [-0.1, -0.05) is 13.8 Å². The van der Waals surface area contributed by atoms with Crippen LogP contribution in [0.2, 0.25) is 0 Å². The van der Waals surface area contributed by atoms with Gasteiger partial charge in [-0.15, -0.1) is 0 Å². The lowest BCUT2D eigenvalue weighted by atomic mass is 9.79. The summed E-state index contributed by atoms with van der Waals surface area (Å²) in [5.41, 5.74) is 0. The summed E-state index contributed by atoms with van der Waals surface area (Å²) in [4.78, 5) is 12.2. The standard InChI is InChI=1S/C14H26N2O2/c1-9-4-5-11(6-10(9)2)16-14(17)12-7-18-8-13(12)15-3/h9-13,15H,4-8H2,1-3H3,(H,16,17). The molecule has 1 saturated carbocycles. The van der Waals surface area contributed by atoms with Crippen LogP contribution in [0.5, 0.6) is 0 Å². The van der Waals surface area contributed by atoms with Gasteiger partial charge in [-0.05, 0) is 38.1 Å². The normalized spacial score (nSPS) is 40.7. The zero-order valence-electron chi connectivity index (χ0n) is 11.7. The Morgan fingerprint density at radius 2 is 1.94 bits per heavy atom. The minimum Gasteiger partial charge on any atom is -0.379 e. The number of amides is 1. The van der Waals surface area contributed by atoms with Crippen molar-refractivity contribution in [3.05, 3.63) is 0 Å². The van der Waals surface area contributed by atoms with E-state index in [-0.39, 0.29) is 17.9 Å². The van der Waals surface area contributed by atoms with Crippen molar-refractivity contribution in [2.45, 2.75) is 45.2 Å². The number of carbonyl (C=O) groups excluding carboxylic acids is 1. The van der Waals surface area contributed by atoms with Crippen LogP contribution in [0.4, 0.5) is 0 Å². The first-order valence-corrected chi connectivity index (χ1v) is 7.17. The van der Waals surface area contributed by atoms with E-state index in [9.17, 15) is 4.79 Å². The molecule has 2 N–H and O–H groups in total. The van der Waals surface area contributed by atoms with E-state index in [4.69, 9.17) is 4.74 Å². The molecule has 0 radical (unpaired) electrons. The van der Waals surface area contributed by atoms with Crippen LogP contribution in [0, 0.1) is 17.8 Å².